The predicted octanol–water partition coefficient (Wildman–Crippen LogP) is 4.29. The van der Waals surface area contributed by atoms with Gasteiger partial charge in [0.25, 0.3) is 11.5 Å². The number of rotatable bonds is 7. The molecule has 200 valence electrons. The molecule has 0 radical (unpaired) electrons. The number of thioether (sulfide) groups is 1. The van der Waals surface area contributed by atoms with Crippen molar-refractivity contribution in [2.45, 2.75) is 76.9 Å². The molecule has 1 fully saturated rings. The van der Waals surface area contributed by atoms with Crippen LogP contribution >= 0.6 is 11.8 Å². The zero-order chi connectivity index (χ0) is 26.9. The van der Waals surface area contributed by atoms with Crippen molar-refractivity contribution < 1.29 is 14.3 Å². The first kappa shape index (κ1) is 27.4. The molecule has 1 atom stereocenters. The Hall–Kier alpha value is -2.59. The number of hydrogen-bond donors (Lipinski definition) is 3. The summed E-state index contributed by atoms with van der Waals surface area (Å²) in [6.45, 7) is 13.5. The largest absolute Gasteiger partial charge is 0.349 e. The summed E-state index contributed by atoms with van der Waals surface area (Å²) in [5.41, 5.74) is 3.52. The number of carbonyl (C=O) groups excluding carboxylic acids is 1. The summed E-state index contributed by atoms with van der Waals surface area (Å²) in [6, 6.07) is 9.78. The Morgan fingerprint density at radius 1 is 1.22 bits per heavy atom. The third-order valence-corrected chi connectivity index (χ3v) is 7.42. The number of carbonyl (C=O) groups is 1. The molecule has 2 aromatic heterocycles. The fourth-order valence-corrected chi connectivity index (χ4v) is 5.82. The summed E-state index contributed by atoms with van der Waals surface area (Å²) in [5, 5.41) is 7.37. The topological polar surface area (TPSA) is 97.4 Å². The quantitative estimate of drug-likeness (QED) is 0.398. The van der Waals surface area contributed by atoms with Crippen molar-refractivity contribution >= 4 is 28.6 Å². The fraction of sp³-hybridized carbons (Fsp3) is 0.500. The second-order valence-electron chi connectivity index (χ2n) is 10.7. The maximum atomic E-state index is 13.5. The lowest BCUT2D eigenvalue weighted by Crippen LogP contribution is -2.52. The minimum atomic E-state index is -0.432. The van der Waals surface area contributed by atoms with Crippen molar-refractivity contribution in [3.63, 3.8) is 0 Å². The maximum absolute atomic E-state index is 13.5. The Morgan fingerprint density at radius 2 is 1.89 bits per heavy atom. The number of para-hydroxylation sites is 1. The van der Waals surface area contributed by atoms with Gasteiger partial charge < -0.3 is 29.7 Å². The van der Waals surface area contributed by atoms with Gasteiger partial charge in [0, 0.05) is 44.8 Å². The molecule has 1 aromatic carbocycles. The first-order chi connectivity index (χ1) is 17.5. The second-order valence-corrected chi connectivity index (χ2v) is 11.6. The van der Waals surface area contributed by atoms with Gasteiger partial charge in [-0.05, 0) is 59.9 Å². The van der Waals surface area contributed by atoms with E-state index in [1.807, 2.05) is 50.4 Å². The van der Waals surface area contributed by atoms with Crippen LogP contribution in [0, 0.1) is 13.8 Å². The van der Waals surface area contributed by atoms with E-state index in [2.05, 4.69) is 47.9 Å². The van der Waals surface area contributed by atoms with Crippen molar-refractivity contribution in [1.29, 1.82) is 0 Å². The van der Waals surface area contributed by atoms with Gasteiger partial charge in [-0.1, -0.05) is 18.2 Å². The first-order valence-corrected chi connectivity index (χ1v) is 13.9. The Kier molecular flexibility index (Phi) is 8.18. The van der Waals surface area contributed by atoms with E-state index >= 15 is 0 Å². The van der Waals surface area contributed by atoms with Crippen molar-refractivity contribution in [1.82, 2.24) is 20.2 Å². The molecule has 0 bridgehead atoms. The number of nitrogens with one attached hydrogen (secondary N) is 3. The number of H-pyrrole nitrogens is 1. The monoisotopic (exact) mass is 526 g/mol. The number of hydrogen-bond acceptors (Lipinski definition) is 6. The smallest absolute Gasteiger partial charge is 0.254 e. The molecule has 1 aliphatic rings. The number of nitrogens with zero attached hydrogens (tertiary/aromatic N) is 1. The van der Waals surface area contributed by atoms with Crippen LogP contribution in [0.2, 0.25) is 0 Å². The van der Waals surface area contributed by atoms with Crippen LogP contribution in [0.4, 0.5) is 0 Å². The highest BCUT2D eigenvalue weighted by Crippen LogP contribution is 2.32. The zero-order valence-corrected chi connectivity index (χ0v) is 23.5. The molecule has 1 unspecified atom stereocenters. The van der Waals surface area contributed by atoms with Crippen LogP contribution < -0.4 is 16.2 Å². The van der Waals surface area contributed by atoms with Crippen LogP contribution in [0.15, 0.2) is 40.0 Å². The number of aromatic nitrogens is 2. The van der Waals surface area contributed by atoms with Gasteiger partial charge in [0.2, 0.25) is 0 Å². The first-order valence-electron chi connectivity index (χ1n) is 12.7. The van der Waals surface area contributed by atoms with Crippen LogP contribution in [-0.2, 0) is 16.0 Å². The lowest BCUT2D eigenvalue weighted by molar-refractivity contribution is -0.209. The Morgan fingerprint density at radius 3 is 2.54 bits per heavy atom. The van der Waals surface area contributed by atoms with Gasteiger partial charge in [0.15, 0.2) is 6.29 Å². The number of amides is 1. The van der Waals surface area contributed by atoms with E-state index in [1.165, 1.54) is 11.8 Å². The second kappa shape index (κ2) is 11.0. The summed E-state index contributed by atoms with van der Waals surface area (Å²) in [6.07, 6.45) is 1.49. The molecule has 1 amide bonds. The van der Waals surface area contributed by atoms with Gasteiger partial charge in [0.1, 0.15) is 0 Å². The van der Waals surface area contributed by atoms with Crippen LogP contribution in [0.3, 0.4) is 0 Å². The Labute approximate surface area is 222 Å². The van der Waals surface area contributed by atoms with Gasteiger partial charge in [0.05, 0.1) is 30.9 Å². The minimum absolute atomic E-state index is 0.0225. The van der Waals surface area contributed by atoms with Gasteiger partial charge in [-0.25, -0.2) is 0 Å². The van der Waals surface area contributed by atoms with E-state index in [0.29, 0.717) is 24.3 Å². The third kappa shape index (κ3) is 5.95. The molecule has 0 aliphatic carbocycles. The van der Waals surface area contributed by atoms with Crippen LogP contribution in [0.25, 0.3) is 10.9 Å². The number of aryl methyl sites for hydroxylation is 1. The summed E-state index contributed by atoms with van der Waals surface area (Å²) >= 11 is 1.50. The Balaban J connectivity index is 1.58. The number of ether oxygens (including phenoxy) is 2. The van der Waals surface area contributed by atoms with E-state index in [1.54, 1.807) is 0 Å². The highest BCUT2D eigenvalue weighted by atomic mass is 32.2. The van der Waals surface area contributed by atoms with Gasteiger partial charge in [-0.2, -0.15) is 0 Å². The average molecular weight is 527 g/mol. The molecule has 3 N–H and O–H groups in total. The minimum Gasteiger partial charge on any atom is -0.349 e. The number of fused-ring (bicyclic) bond motifs is 1. The maximum Gasteiger partial charge on any atom is 0.254 e. The lowest BCUT2D eigenvalue weighted by atomic mass is 10.1. The highest BCUT2D eigenvalue weighted by Gasteiger charge is 2.32. The molecule has 8 nitrogen and oxygen atoms in total. The third-order valence-electron chi connectivity index (χ3n) is 6.62. The summed E-state index contributed by atoms with van der Waals surface area (Å²) in [4.78, 5) is 29.8. The van der Waals surface area contributed by atoms with E-state index < -0.39 is 6.29 Å². The SMILES string of the molecule is CSc1cc(C)[nH]c(=O)c1CNC(=O)c1c(C)n(C(C)C2OCC(NC(C)(C)C)CO2)c2ccccc12. The standard InChI is InChI=1S/C28H38N4O4S/c1-16-12-23(37-7)21(25(33)30-16)13-29-26(34)24-17(2)32(22-11-9-8-10-20(22)24)18(3)27-35-14-19(15-36-27)31-28(4,5)6/h8-12,18-19,27,31H,13-15H2,1-7H3,(H,29,34)(H,30,33). The normalized spacial score (nSPS) is 19.2. The molecule has 9 heteroatoms. The number of pyridine rings is 1. The molecule has 1 saturated heterocycles. The van der Waals surface area contributed by atoms with E-state index in [0.717, 1.165) is 27.2 Å². The molecule has 4 rings (SSSR count). The van der Waals surface area contributed by atoms with Crippen molar-refractivity contribution in [3.8, 4) is 0 Å². The summed E-state index contributed by atoms with van der Waals surface area (Å²) < 4.78 is 14.4. The summed E-state index contributed by atoms with van der Waals surface area (Å²) in [5.74, 6) is -0.216. The molecule has 0 spiro atoms. The molecular weight excluding hydrogens is 488 g/mol. The number of aromatic amines is 1. The molecular formula is C28H38N4O4S. The summed E-state index contributed by atoms with van der Waals surface area (Å²) in [7, 11) is 0. The van der Waals surface area contributed by atoms with Gasteiger partial charge >= 0.3 is 0 Å². The molecule has 37 heavy (non-hydrogen) atoms. The van der Waals surface area contributed by atoms with E-state index in [9.17, 15) is 9.59 Å². The zero-order valence-electron chi connectivity index (χ0n) is 22.7. The van der Waals surface area contributed by atoms with Crippen molar-refractivity contribution in [2.24, 2.45) is 0 Å². The van der Waals surface area contributed by atoms with Gasteiger partial charge in [-0.15, -0.1) is 11.8 Å². The lowest BCUT2D eigenvalue weighted by Gasteiger charge is -2.37. The highest BCUT2D eigenvalue weighted by molar-refractivity contribution is 7.98. The Bertz CT molecular complexity index is 1330. The predicted molar refractivity (Wildman–Crippen MR) is 149 cm³/mol. The fourth-order valence-electron chi connectivity index (χ4n) is 5.11. The molecule has 1 aliphatic heterocycles. The molecule has 3 aromatic rings. The average Bonchev–Trinajstić information content (AvgIpc) is 3.13. The van der Waals surface area contributed by atoms with Crippen LogP contribution in [-0.4, -0.2) is 52.8 Å². The van der Waals surface area contributed by atoms with Crippen LogP contribution in [0.1, 0.15) is 61.0 Å². The van der Waals surface area contributed by atoms with Gasteiger partial charge in [-0.3, -0.25) is 9.59 Å². The number of benzene rings is 1. The van der Waals surface area contributed by atoms with Crippen molar-refractivity contribution in [2.75, 3.05) is 19.5 Å². The molecule has 3 heterocycles. The van der Waals surface area contributed by atoms with Crippen LogP contribution in [0.5, 0.6) is 0 Å². The van der Waals surface area contributed by atoms with E-state index in [-0.39, 0.29) is 35.6 Å². The molecule has 0 saturated carbocycles. The van der Waals surface area contributed by atoms with Crippen molar-refractivity contribution in [3.05, 3.63) is 63.2 Å². The van der Waals surface area contributed by atoms with E-state index in [4.69, 9.17) is 9.47 Å².